The van der Waals surface area contributed by atoms with Crippen LogP contribution in [0.25, 0.3) is 0 Å². The monoisotopic (exact) mass is 162 g/mol. The van der Waals surface area contributed by atoms with Crippen LogP contribution < -0.4 is 0 Å². The Morgan fingerprint density at radius 2 is 2.09 bits per heavy atom. The Balaban J connectivity index is 3.60. The van der Waals surface area contributed by atoms with Gasteiger partial charge >= 0.3 is 11.9 Å². The molecule has 0 bridgehead atoms. The second-order valence-electron chi connectivity index (χ2n) is 1.84. The molecular weight excluding hydrogens is 152 g/mol. The molecule has 5 nitrogen and oxygen atoms in total. The number of ether oxygens (including phenoxy) is 2. The highest BCUT2D eigenvalue weighted by Crippen LogP contribution is 1.88. The van der Waals surface area contributed by atoms with Crippen LogP contribution in [0.5, 0.6) is 0 Å². The molecule has 0 rings (SSSR count). The first-order valence-corrected chi connectivity index (χ1v) is 2.97. The van der Waals surface area contributed by atoms with Crippen LogP contribution >= 0.6 is 0 Å². The SMILES string of the molecule is COC(=O)[C@H](O)COC(C)=O. The molecule has 0 aliphatic carbocycles. The molecule has 0 unspecified atom stereocenters. The third kappa shape index (κ3) is 4.32. The van der Waals surface area contributed by atoms with Gasteiger partial charge in [0, 0.05) is 6.92 Å². The van der Waals surface area contributed by atoms with Crippen LogP contribution in [0.4, 0.5) is 0 Å². The highest BCUT2D eigenvalue weighted by molar-refractivity contribution is 5.75. The standard InChI is InChI=1S/C6H10O5/c1-4(7)11-3-5(8)6(9)10-2/h5,8H,3H2,1-2H3/t5-/m1/s1. The molecule has 1 atom stereocenters. The molecule has 1 N–H and O–H groups in total. The van der Waals surface area contributed by atoms with Crippen LogP contribution in [0.2, 0.25) is 0 Å². The maximum atomic E-state index is 10.5. The van der Waals surface area contributed by atoms with Crippen LogP contribution in [0, 0.1) is 0 Å². The number of methoxy groups -OCH3 is 1. The number of esters is 2. The van der Waals surface area contributed by atoms with E-state index in [4.69, 9.17) is 5.11 Å². The van der Waals surface area contributed by atoms with Crippen molar-refractivity contribution in [2.45, 2.75) is 13.0 Å². The van der Waals surface area contributed by atoms with Crippen molar-refractivity contribution in [1.82, 2.24) is 0 Å². The number of aliphatic hydroxyl groups is 1. The average Bonchev–Trinajstić information content (AvgIpc) is 1.98. The molecule has 0 saturated heterocycles. The van der Waals surface area contributed by atoms with Crippen molar-refractivity contribution in [2.75, 3.05) is 13.7 Å². The summed E-state index contributed by atoms with van der Waals surface area (Å²) in [6.07, 6.45) is -1.39. The van der Waals surface area contributed by atoms with Crippen LogP contribution in [0.1, 0.15) is 6.92 Å². The molecule has 0 aromatic heterocycles. The van der Waals surface area contributed by atoms with Crippen LogP contribution in [0.3, 0.4) is 0 Å². The summed E-state index contributed by atoms with van der Waals surface area (Å²) in [6, 6.07) is 0. The van der Waals surface area contributed by atoms with Crippen LogP contribution in [-0.4, -0.2) is 36.9 Å². The molecule has 0 heterocycles. The van der Waals surface area contributed by atoms with E-state index in [0.29, 0.717) is 0 Å². The summed E-state index contributed by atoms with van der Waals surface area (Å²) in [4.78, 5) is 20.6. The van der Waals surface area contributed by atoms with E-state index in [-0.39, 0.29) is 6.61 Å². The van der Waals surface area contributed by atoms with E-state index >= 15 is 0 Å². The van der Waals surface area contributed by atoms with Gasteiger partial charge in [0.15, 0.2) is 6.10 Å². The number of carbonyl (C=O) groups is 2. The van der Waals surface area contributed by atoms with E-state index in [1.807, 2.05) is 0 Å². The summed E-state index contributed by atoms with van der Waals surface area (Å²) >= 11 is 0. The number of hydrogen-bond acceptors (Lipinski definition) is 5. The van der Waals surface area contributed by atoms with Gasteiger partial charge in [-0.05, 0) is 0 Å². The van der Waals surface area contributed by atoms with Crippen molar-refractivity contribution in [3.63, 3.8) is 0 Å². The van der Waals surface area contributed by atoms with Gasteiger partial charge in [-0.25, -0.2) is 4.79 Å². The Kier molecular flexibility index (Phi) is 4.21. The van der Waals surface area contributed by atoms with Gasteiger partial charge in [0.2, 0.25) is 0 Å². The predicted octanol–water partition coefficient (Wildman–Crippen LogP) is -0.917. The highest BCUT2D eigenvalue weighted by Gasteiger charge is 2.15. The van der Waals surface area contributed by atoms with E-state index in [9.17, 15) is 9.59 Å². The van der Waals surface area contributed by atoms with Gasteiger partial charge < -0.3 is 14.6 Å². The van der Waals surface area contributed by atoms with Gasteiger partial charge in [-0.2, -0.15) is 0 Å². The zero-order chi connectivity index (χ0) is 8.85. The Morgan fingerprint density at radius 1 is 1.55 bits per heavy atom. The highest BCUT2D eigenvalue weighted by atomic mass is 16.6. The van der Waals surface area contributed by atoms with E-state index in [0.717, 1.165) is 7.11 Å². The Hall–Kier alpha value is -1.10. The second-order valence-corrected chi connectivity index (χ2v) is 1.84. The van der Waals surface area contributed by atoms with E-state index < -0.39 is 18.0 Å². The molecule has 0 aliphatic heterocycles. The summed E-state index contributed by atoms with van der Waals surface area (Å²) in [5.41, 5.74) is 0. The molecule has 0 aromatic carbocycles. The van der Waals surface area contributed by atoms with Gasteiger partial charge in [-0.1, -0.05) is 0 Å². The molecular formula is C6H10O5. The fraction of sp³-hybridized carbons (Fsp3) is 0.667. The van der Waals surface area contributed by atoms with E-state index in [2.05, 4.69) is 9.47 Å². The Bertz CT molecular complexity index is 153. The normalized spacial score (nSPS) is 11.9. The molecule has 0 aromatic rings. The van der Waals surface area contributed by atoms with Gasteiger partial charge in [-0.3, -0.25) is 4.79 Å². The maximum absolute atomic E-state index is 10.5. The molecule has 64 valence electrons. The first-order chi connectivity index (χ1) is 5.07. The minimum Gasteiger partial charge on any atom is -0.467 e. The molecule has 0 amide bonds. The summed E-state index contributed by atoms with van der Waals surface area (Å²) in [5.74, 6) is -1.36. The molecule has 0 aliphatic rings. The van der Waals surface area contributed by atoms with Crippen molar-refractivity contribution in [2.24, 2.45) is 0 Å². The molecule has 0 radical (unpaired) electrons. The summed E-state index contributed by atoms with van der Waals surface area (Å²) in [5, 5.41) is 8.81. The third-order valence-electron chi connectivity index (χ3n) is 0.918. The number of rotatable bonds is 3. The van der Waals surface area contributed by atoms with Gasteiger partial charge in [0.1, 0.15) is 6.61 Å². The van der Waals surface area contributed by atoms with Gasteiger partial charge in [-0.15, -0.1) is 0 Å². The van der Waals surface area contributed by atoms with Gasteiger partial charge in [0.05, 0.1) is 7.11 Å². The molecule has 0 saturated carbocycles. The molecule has 5 heteroatoms. The molecule has 11 heavy (non-hydrogen) atoms. The van der Waals surface area contributed by atoms with Crippen molar-refractivity contribution in [3.8, 4) is 0 Å². The topological polar surface area (TPSA) is 72.8 Å². The lowest BCUT2D eigenvalue weighted by Gasteiger charge is -2.06. The maximum Gasteiger partial charge on any atom is 0.338 e. The molecule has 0 fully saturated rings. The molecule has 0 spiro atoms. The smallest absolute Gasteiger partial charge is 0.338 e. The fourth-order valence-electron chi connectivity index (χ4n) is 0.400. The quantitative estimate of drug-likeness (QED) is 0.543. The van der Waals surface area contributed by atoms with Crippen molar-refractivity contribution in [1.29, 1.82) is 0 Å². The zero-order valence-electron chi connectivity index (χ0n) is 6.36. The summed E-state index contributed by atoms with van der Waals surface area (Å²) in [7, 11) is 1.14. The fourth-order valence-corrected chi connectivity index (χ4v) is 0.400. The lowest BCUT2D eigenvalue weighted by molar-refractivity contribution is -0.157. The van der Waals surface area contributed by atoms with Gasteiger partial charge in [0.25, 0.3) is 0 Å². The van der Waals surface area contributed by atoms with Crippen LogP contribution in [-0.2, 0) is 19.1 Å². The van der Waals surface area contributed by atoms with Crippen molar-refractivity contribution < 1.29 is 24.2 Å². The zero-order valence-corrected chi connectivity index (χ0v) is 6.36. The number of aliphatic hydroxyl groups excluding tert-OH is 1. The first-order valence-electron chi connectivity index (χ1n) is 2.97. The van der Waals surface area contributed by atoms with E-state index in [1.165, 1.54) is 6.92 Å². The van der Waals surface area contributed by atoms with Crippen LogP contribution in [0.15, 0.2) is 0 Å². The minimum absolute atomic E-state index is 0.359. The lowest BCUT2D eigenvalue weighted by atomic mass is 10.4. The third-order valence-corrected chi connectivity index (χ3v) is 0.918. The Morgan fingerprint density at radius 3 is 2.45 bits per heavy atom. The minimum atomic E-state index is -1.39. The second kappa shape index (κ2) is 4.68. The first kappa shape index (κ1) is 9.90. The van der Waals surface area contributed by atoms with Crippen molar-refractivity contribution >= 4 is 11.9 Å². The lowest BCUT2D eigenvalue weighted by Crippen LogP contribution is -2.27. The number of hydrogen-bond donors (Lipinski definition) is 1. The largest absolute Gasteiger partial charge is 0.467 e. The predicted molar refractivity (Wildman–Crippen MR) is 34.7 cm³/mol. The van der Waals surface area contributed by atoms with E-state index in [1.54, 1.807) is 0 Å². The Labute approximate surface area is 63.9 Å². The average molecular weight is 162 g/mol. The summed E-state index contributed by atoms with van der Waals surface area (Å²) in [6.45, 7) is 0.825. The number of carbonyl (C=O) groups excluding carboxylic acids is 2. The summed E-state index contributed by atoms with van der Waals surface area (Å²) < 4.78 is 8.50. The van der Waals surface area contributed by atoms with Crippen molar-refractivity contribution in [3.05, 3.63) is 0 Å².